The van der Waals surface area contributed by atoms with Crippen molar-refractivity contribution in [2.24, 2.45) is 0 Å². The van der Waals surface area contributed by atoms with Gasteiger partial charge in [0.2, 0.25) is 5.91 Å². The van der Waals surface area contributed by atoms with E-state index in [9.17, 15) is 9.59 Å². The third kappa shape index (κ3) is 5.07. The Hall–Kier alpha value is -2.40. The molecule has 0 saturated carbocycles. The zero-order chi connectivity index (χ0) is 16.7. The summed E-state index contributed by atoms with van der Waals surface area (Å²) in [6, 6.07) is 9.87. The van der Waals surface area contributed by atoms with Crippen molar-refractivity contribution in [1.29, 1.82) is 0 Å². The van der Waals surface area contributed by atoms with Gasteiger partial charge in [0.05, 0.1) is 10.6 Å². The number of carbonyl (C=O) groups excluding carboxylic acids is 2. The van der Waals surface area contributed by atoms with Crippen LogP contribution in [0.4, 0.5) is 0 Å². The van der Waals surface area contributed by atoms with E-state index in [1.165, 1.54) is 0 Å². The van der Waals surface area contributed by atoms with Crippen molar-refractivity contribution in [2.45, 2.75) is 19.4 Å². The van der Waals surface area contributed by atoms with Crippen LogP contribution < -0.4 is 10.6 Å². The highest BCUT2D eigenvalue weighted by atomic mass is 35.5. The molecule has 2 aromatic rings. The summed E-state index contributed by atoms with van der Waals surface area (Å²) < 4.78 is 0. The molecule has 120 valence electrons. The number of hydrogen-bond acceptors (Lipinski definition) is 3. The molecular weight excluding hydrogens is 314 g/mol. The molecule has 1 atom stereocenters. The molecule has 0 saturated heterocycles. The van der Waals surface area contributed by atoms with Crippen LogP contribution in [-0.4, -0.2) is 29.4 Å². The fourth-order valence-corrected chi connectivity index (χ4v) is 2.24. The molecular formula is C17H18ClN3O2. The Balaban J connectivity index is 1.81. The normalized spacial score (nSPS) is 11.6. The zero-order valence-electron chi connectivity index (χ0n) is 12.8. The van der Waals surface area contributed by atoms with Crippen LogP contribution in [0.3, 0.4) is 0 Å². The lowest BCUT2D eigenvalue weighted by molar-refractivity contribution is -0.122. The molecule has 0 aliphatic rings. The van der Waals surface area contributed by atoms with Gasteiger partial charge >= 0.3 is 0 Å². The molecule has 0 fully saturated rings. The first-order chi connectivity index (χ1) is 11.1. The number of pyridine rings is 1. The maximum Gasteiger partial charge on any atom is 0.253 e. The molecule has 2 rings (SSSR count). The summed E-state index contributed by atoms with van der Waals surface area (Å²) in [5.41, 5.74) is 1.39. The molecule has 6 heteroatoms. The summed E-state index contributed by atoms with van der Waals surface area (Å²) in [5.74, 6) is -0.611. The second-order valence-electron chi connectivity index (χ2n) is 5.08. The van der Waals surface area contributed by atoms with Crippen molar-refractivity contribution in [2.75, 3.05) is 6.54 Å². The van der Waals surface area contributed by atoms with Gasteiger partial charge in [-0.05, 0) is 37.1 Å². The van der Waals surface area contributed by atoms with Crippen LogP contribution in [0.1, 0.15) is 22.8 Å². The number of nitrogens with one attached hydrogen (secondary N) is 2. The zero-order valence-corrected chi connectivity index (χ0v) is 13.5. The van der Waals surface area contributed by atoms with Crippen molar-refractivity contribution in [3.8, 4) is 0 Å². The standard InChI is InChI=1S/C17H18ClN3O2/c1-12(21-17(23)14-6-2-3-7-15(14)18)16(22)20-10-8-13-5-4-9-19-11-13/h2-7,9,11-12H,8,10H2,1H3,(H,20,22)(H,21,23). The van der Waals surface area contributed by atoms with Gasteiger partial charge in [-0.15, -0.1) is 0 Å². The van der Waals surface area contributed by atoms with E-state index < -0.39 is 6.04 Å². The molecule has 0 radical (unpaired) electrons. The smallest absolute Gasteiger partial charge is 0.253 e. The molecule has 5 nitrogen and oxygen atoms in total. The number of carbonyl (C=O) groups is 2. The highest BCUT2D eigenvalue weighted by Gasteiger charge is 2.17. The van der Waals surface area contributed by atoms with Gasteiger partial charge in [0, 0.05) is 18.9 Å². The second-order valence-corrected chi connectivity index (χ2v) is 5.48. The lowest BCUT2D eigenvalue weighted by Gasteiger charge is -2.14. The van der Waals surface area contributed by atoms with E-state index in [-0.39, 0.29) is 11.8 Å². The van der Waals surface area contributed by atoms with Crippen LogP contribution in [0.25, 0.3) is 0 Å². The Bertz CT molecular complexity index is 677. The number of halogens is 1. The van der Waals surface area contributed by atoms with Gasteiger partial charge in [-0.25, -0.2) is 0 Å². The van der Waals surface area contributed by atoms with Crippen LogP contribution >= 0.6 is 11.6 Å². The maximum absolute atomic E-state index is 12.1. The predicted octanol–water partition coefficient (Wildman–Crippen LogP) is 2.21. The predicted molar refractivity (Wildman–Crippen MR) is 89.3 cm³/mol. The minimum atomic E-state index is -0.646. The first-order valence-electron chi connectivity index (χ1n) is 7.30. The van der Waals surface area contributed by atoms with Crippen LogP contribution in [0.2, 0.25) is 5.02 Å². The van der Waals surface area contributed by atoms with Gasteiger partial charge in [0.1, 0.15) is 6.04 Å². The number of nitrogens with zero attached hydrogens (tertiary/aromatic N) is 1. The Labute approximate surface area is 140 Å². The number of benzene rings is 1. The van der Waals surface area contributed by atoms with E-state index >= 15 is 0 Å². The van der Waals surface area contributed by atoms with Crippen molar-refractivity contribution < 1.29 is 9.59 Å². The third-order valence-corrected chi connectivity index (χ3v) is 3.62. The fourth-order valence-electron chi connectivity index (χ4n) is 2.01. The number of aromatic nitrogens is 1. The van der Waals surface area contributed by atoms with Crippen LogP contribution in [-0.2, 0) is 11.2 Å². The van der Waals surface area contributed by atoms with E-state index in [0.717, 1.165) is 5.56 Å². The van der Waals surface area contributed by atoms with Crippen molar-refractivity contribution in [1.82, 2.24) is 15.6 Å². The van der Waals surface area contributed by atoms with E-state index in [2.05, 4.69) is 15.6 Å². The van der Waals surface area contributed by atoms with Gasteiger partial charge in [-0.1, -0.05) is 29.8 Å². The van der Waals surface area contributed by atoms with Crippen LogP contribution in [0, 0.1) is 0 Å². The topological polar surface area (TPSA) is 71.1 Å². The van der Waals surface area contributed by atoms with Crippen molar-refractivity contribution in [3.63, 3.8) is 0 Å². The Morgan fingerprint density at radius 3 is 2.70 bits per heavy atom. The summed E-state index contributed by atoms with van der Waals surface area (Å²) in [6.07, 6.45) is 4.15. The monoisotopic (exact) mass is 331 g/mol. The van der Waals surface area contributed by atoms with E-state index in [4.69, 9.17) is 11.6 Å². The summed E-state index contributed by atoms with van der Waals surface area (Å²) in [5, 5.41) is 5.78. The Morgan fingerprint density at radius 2 is 2.00 bits per heavy atom. The molecule has 1 heterocycles. The van der Waals surface area contributed by atoms with Crippen molar-refractivity contribution in [3.05, 3.63) is 64.9 Å². The minimum absolute atomic E-state index is 0.241. The fraction of sp³-hybridized carbons (Fsp3) is 0.235. The molecule has 2 amide bonds. The number of rotatable bonds is 6. The van der Waals surface area contributed by atoms with Gasteiger partial charge in [0.15, 0.2) is 0 Å². The summed E-state index contributed by atoms with van der Waals surface area (Å²) in [4.78, 5) is 28.1. The maximum atomic E-state index is 12.1. The SMILES string of the molecule is CC(NC(=O)c1ccccc1Cl)C(=O)NCCc1cccnc1. The molecule has 0 aliphatic carbocycles. The second kappa shape index (κ2) is 8.29. The lowest BCUT2D eigenvalue weighted by atomic mass is 10.2. The minimum Gasteiger partial charge on any atom is -0.354 e. The van der Waals surface area contributed by atoms with Crippen LogP contribution in [0.15, 0.2) is 48.8 Å². The molecule has 1 aromatic carbocycles. The largest absolute Gasteiger partial charge is 0.354 e. The summed E-state index contributed by atoms with van der Waals surface area (Å²) in [6.45, 7) is 2.12. The highest BCUT2D eigenvalue weighted by molar-refractivity contribution is 6.33. The van der Waals surface area contributed by atoms with E-state index in [0.29, 0.717) is 23.6 Å². The molecule has 0 bridgehead atoms. The highest BCUT2D eigenvalue weighted by Crippen LogP contribution is 2.14. The van der Waals surface area contributed by atoms with E-state index in [1.807, 2.05) is 12.1 Å². The lowest BCUT2D eigenvalue weighted by Crippen LogP contribution is -2.45. The first-order valence-corrected chi connectivity index (χ1v) is 7.67. The quantitative estimate of drug-likeness (QED) is 0.852. The Morgan fingerprint density at radius 1 is 1.22 bits per heavy atom. The van der Waals surface area contributed by atoms with Gasteiger partial charge in [0.25, 0.3) is 5.91 Å². The average molecular weight is 332 g/mol. The van der Waals surface area contributed by atoms with Gasteiger partial charge < -0.3 is 10.6 Å². The molecule has 1 aromatic heterocycles. The van der Waals surface area contributed by atoms with Crippen LogP contribution in [0.5, 0.6) is 0 Å². The number of hydrogen-bond donors (Lipinski definition) is 2. The summed E-state index contributed by atoms with van der Waals surface area (Å²) in [7, 11) is 0. The summed E-state index contributed by atoms with van der Waals surface area (Å²) >= 11 is 5.97. The molecule has 0 aliphatic heterocycles. The third-order valence-electron chi connectivity index (χ3n) is 3.30. The van der Waals surface area contributed by atoms with Crippen molar-refractivity contribution >= 4 is 23.4 Å². The van der Waals surface area contributed by atoms with E-state index in [1.54, 1.807) is 43.6 Å². The number of amides is 2. The Kier molecular flexibility index (Phi) is 6.11. The first kappa shape index (κ1) is 17.0. The molecule has 0 spiro atoms. The molecule has 23 heavy (non-hydrogen) atoms. The van der Waals surface area contributed by atoms with Gasteiger partial charge in [-0.3, -0.25) is 14.6 Å². The average Bonchev–Trinajstić information content (AvgIpc) is 2.56. The van der Waals surface area contributed by atoms with Gasteiger partial charge in [-0.2, -0.15) is 0 Å². The molecule has 1 unspecified atom stereocenters. The molecule has 2 N–H and O–H groups in total.